The zero-order valence-electron chi connectivity index (χ0n) is 15.6. The van der Waals surface area contributed by atoms with E-state index in [1.165, 1.54) is 19.8 Å². The molecule has 0 saturated carbocycles. The highest BCUT2D eigenvalue weighted by Crippen LogP contribution is 2.19. The van der Waals surface area contributed by atoms with Crippen LogP contribution in [0.15, 0.2) is 30.3 Å². The van der Waals surface area contributed by atoms with E-state index in [0.717, 1.165) is 44.6 Å². The van der Waals surface area contributed by atoms with Crippen LogP contribution in [0.2, 0.25) is 0 Å². The van der Waals surface area contributed by atoms with Crippen LogP contribution in [-0.2, 0) is 4.79 Å². The second kappa shape index (κ2) is 9.03. The predicted octanol–water partition coefficient (Wildman–Crippen LogP) is 2.13. The predicted molar refractivity (Wildman–Crippen MR) is 102 cm³/mol. The number of urea groups is 1. The van der Waals surface area contributed by atoms with Crippen LogP contribution in [0.5, 0.6) is 0 Å². The van der Waals surface area contributed by atoms with Crippen molar-refractivity contribution in [2.24, 2.45) is 0 Å². The highest BCUT2D eigenvalue weighted by atomic mass is 16.2. The molecule has 1 aromatic rings. The van der Waals surface area contributed by atoms with Crippen LogP contribution in [0.3, 0.4) is 0 Å². The maximum absolute atomic E-state index is 12.9. The number of carbonyl (C=O) groups is 2. The van der Waals surface area contributed by atoms with Crippen molar-refractivity contribution in [2.75, 3.05) is 32.7 Å². The van der Waals surface area contributed by atoms with Gasteiger partial charge in [0.15, 0.2) is 0 Å². The van der Waals surface area contributed by atoms with Crippen LogP contribution in [0, 0.1) is 0 Å². The van der Waals surface area contributed by atoms with Crippen molar-refractivity contribution in [2.45, 2.75) is 44.7 Å². The molecule has 2 fully saturated rings. The third kappa shape index (κ3) is 5.21. The van der Waals surface area contributed by atoms with Gasteiger partial charge in [0.2, 0.25) is 5.91 Å². The summed E-state index contributed by atoms with van der Waals surface area (Å²) < 4.78 is 0. The fraction of sp³-hybridized carbons (Fsp3) is 0.600. The van der Waals surface area contributed by atoms with Crippen LogP contribution in [0.4, 0.5) is 4.79 Å². The van der Waals surface area contributed by atoms with Crippen molar-refractivity contribution in [3.05, 3.63) is 35.9 Å². The standard InChI is InChI=1S/C20H30N4O2/c1-16(25)21-18-10-7-13-24(14-18)20(26)22-19(15-23-11-5-6-12-23)17-8-3-2-4-9-17/h2-4,8-9,18-19H,5-7,10-15H2,1H3,(H,21,25)(H,22,26). The number of nitrogens with zero attached hydrogens (tertiary/aromatic N) is 2. The van der Waals surface area contributed by atoms with Crippen molar-refractivity contribution >= 4 is 11.9 Å². The van der Waals surface area contributed by atoms with E-state index in [4.69, 9.17) is 0 Å². The zero-order valence-corrected chi connectivity index (χ0v) is 15.6. The molecule has 1 aromatic carbocycles. The lowest BCUT2D eigenvalue weighted by molar-refractivity contribution is -0.119. The summed E-state index contributed by atoms with van der Waals surface area (Å²) >= 11 is 0. The van der Waals surface area contributed by atoms with E-state index < -0.39 is 0 Å². The van der Waals surface area contributed by atoms with Gasteiger partial charge in [-0.25, -0.2) is 4.79 Å². The lowest BCUT2D eigenvalue weighted by Crippen LogP contribution is -2.53. The first-order valence-corrected chi connectivity index (χ1v) is 9.71. The van der Waals surface area contributed by atoms with E-state index in [1.54, 1.807) is 0 Å². The third-order valence-corrected chi connectivity index (χ3v) is 5.26. The van der Waals surface area contributed by atoms with E-state index in [9.17, 15) is 9.59 Å². The molecule has 0 radical (unpaired) electrons. The van der Waals surface area contributed by atoms with Crippen LogP contribution in [0.25, 0.3) is 0 Å². The molecule has 0 aliphatic carbocycles. The molecule has 2 aliphatic heterocycles. The molecule has 2 atom stereocenters. The first-order chi connectivity index (χ1) is 12.6. The molecule has 3 rings (SSSR count). The summed E-state index contributed by atoms with van der Waals surface area (Å²) in [6.07, 6.45) is 4.32. The topological polar surface area (TPSA) is 64.7 Å². The van der Waals surface area contributed by atoms with Crippen LogP contribution < -0.4 is 10.6 Å². The molecular weight excluding hydrogens is 328 g/mol. The van der Waals surface area contributed by atoms with Crippen molar-refractivity contribution in [1.29, 1.82) is 0 Å². The molecular formula is C20H30N4O2. The summed E-state index contributed by atoms with van der Waals surface area (Å²) in [5.41, 5.74) is 1.14. The average molecular weight is 358 g/mol. The molecule has 0 aromatic heterocycles. The summed E-state index contributed by atoms with van der Waals surface area (Å²) in [7, 11) is 0. The third-order valence-electron chi connectivity index (χ3n) is 5.26. The Morgan fingerprint density at radius 2 is 1.85 bits per heavy atom. The minimum Gasteiger partial charge on any atom is -0.352 e. The fourth-order valence-electron chi connectivity index (χ4n) is 3.95. The number of hydrogen-bond acceptors (Lipinski definition) is 3. The smallest absolute Gasteiger partial charge is 0.317 e. The van der Waals surface area contributed by atoms with Crippen molar-refractivity contribution in [1.82, 2.24) is 20.4 Å². The number of benzene rings is 1. The summed E-state index contributed by atoms with van der Waals surface area (Å²) in [5, 5.41) is 6.18. The van der Waals surface area contributed by atoms with Gasteiger partial charge in [-0.05, 0) is 44.3 Å². The van der Waals surface area contributed by atoms with Crippen molar-refractivity contribution in [3.63, 3.8) is 0 Å². The second-order valence-corrected chi connectivity index (χ2v) is 7.41. The second-order valence-electron chi connectivity index (χ2n) is 7.41. The van der Waals surface area contributed by atoms with Crippen LogP contribution >= 0.6 is 0 Å². The maximum Gasteiger partial charge on any atom is 0.317 e. The molecule has 0 spiro atoms. The number of amides is 3. The Kier molecular flexibility index (Phi) is 6.50. The van der Waals surface area contributed by atoms with Crippen LogP contribution in [0.1, 0.15) is 44.2 Å². The largest absolute Gasteiger partial charge is 0.352 e. The summed E-state index contributed by atoms with van der Waals surface area (Å²) in [4.78, 5) is 28.4. The van der Waals surface area contributed by atoms with Crippen molar-refractivity contribution < 1.29 is 9.59 Å². The van der Waals surface area contributed by atoms with Gasteiger partial charge in [0.1, 0.15) is 0 Å². The van der Waals surface area contributed by atoms with E-state index in [-0.39, 0.29) is 24.0 Å². The minimum absolute atomic E-state index is 0.0112. The van der Waals surface area contributed by atoms with Gasteiger partial charge >= 0.3 is 6.03 Å². The summed E-state index contributed by atoms with van der Waals surface area (Å²) in [5.74, 6) is -0.0338. The Labute approximate surface area is 155 Å². The Morgan fingerprint density at radius 3 is 2.54 bits per heavy atom. The number of likely N-dealkylation sites (tertiary alicyclic amines) is 2. The van der Waals surface area contributed by atoms with Crippen molar-refractivity contribution in [3.8, 4) is 0 Å². The van der Waals surface area contributed by atoms with Gasteiger partial charge in [0.05, 0.1) is 6.04 Å². The Bertz CT molecular complexity index is 601. The molecule has 2 saturated heterocycles. The van der Waals surface area contributed by atoms with E-state index in [2.05, 4.69) is 27.7 Å². The number of piperidine rings is 1. The molecule has 6 nitrogen and oxygen atoms in total. The van der Waals surface area contributed by atoms with Gasteiger partial charge in [-0.15, -0.1) is 0 Å². The highest BCUT2D eigenvalue weighted by Gasteiger charge is 2.27. The SMILES string of the molecule is CC(=O)NC1CCCN(C(=O)NC(CN2CCCC2)c2ccccc2)C1. The monoisotopic (exact) mass is 358 g/mol. The molecule has 6 heteroatoms. The van der Waals surface area contributed by atoms with Gasteiger partial charge in [0, 0.05) is 32.6 Å². The number of hydrogen-bond donors (Lipinski definition) is 2. The van der Waals surface area contributed by atoms with Gasteiger partial charge in [-0.3, -0.25) is 4.79 Å². The maximum atomic E-state index is 12.9. The Morgan fingerprint density at radius 1 is 1.12 bits per heavy atom. The molecule has 2 aliphatic rings. The quantitative estimate of drug-likeness (QED) is 0.848. The molecule has 26 heavy (non-hydrogen) atoms. The fourth-order valence-corrected chi connectivity index (χ4v) is 3.95. The number of carbonyl (C=O) groups excluding carboxylic acids is 2. The first-order valence-electron chi connectivity index (χ1n) is 9.71. The summed E-state index contributed by atoms with van der Waals surface area (Å²) in [6, 6.07) is 10.2. The molecule has 0 bridgehead atoms. The summed E-state index contributed by atoms with van der Waals surface area (Å²) in [6.45, 7) is 5.91. The minimum atomic E-state index is -0.0342. The first kappa shape index (κ1) is 18.7. The molecule has 2 N–H and O–H groups in total. The van der Waals surface area contributed by atoms with E-state index in [1.807, 2.05) is 23.1 Å². The molecule has 2 unspecified atom stereocenters. The lowest BCUT2D eigenvalue weighted by Gasteiger charge is -2.34. The average Bonchev–Trinajstić information content (AvgIpc) is 3.14. The van der Waals surface area contributed by atoms with Gasteiger partial charge in [0.25, 0.3) is 0 Å². The van der Waals surface area contributed by atoms with E-state index in [0.29, 0.717) is 6.54 Å². The number of nitrogens with one attached hydrogen (secondary N) is 2. The molecule has 2 heterocycles. The van der Waals surface area contributed by atoms with Gasteiger partial charge in [-0.1, -0.05) is 30.3 Å². The van der Waals surface area contributed by atoms with Gasteiger partial charge in [-0.2, -0.15) is 0 Å². The van der Waals surface area contributed by atoms with Crippen LogP contribution in [-0.4, -0.2) is 60.5 Å². The Balaban J connectivity index is 1.63. The van der Waals surface area contributed by atoms with E-state index >= 15 is 0 Å². The highest BCUT2D eigenvalue weighted by molar-refractivity contribution is 5.76. The number of rotatable bonds is 5. The Hall–Kier alpha value is -2.08. The normalized spacial score (nSPS) is 22.0. The zero-order chi connectivity index (χ0) is 18.4. The molecule has 142 valence electrons. The lowest BCUT2D eigenvalue weighted by atomic mass is 10.1. The molecule has 3 amide bonds. The van der Waals surface area contributed by atoms with Gasteiger partial charge < -0.3 is 20.4 Å².